The summed E-state index contributed by atoms with van der Waals surface area (Å²) < 4.78 is 5.76. The topological polar surface area (TPSA) is 26.3 Å². The molecule has 2 aromatic rings. The molecule has 2 nitrogen and oxygen atoms in total. The van der Waals surface area contributed by atoms with Crippen molar-refractivity contribution in [2.75, 3.05) is 0 Å². The summed E-state index contributed by atoms with van der Waals surface area (Å²) in [6.07, 6.45) is 0.389. The number of carbonyl (C=O) groups is 1. The summed E-state index contributed by atoms with van der Waals surface area (Å²) in [5.74, 6) is -0.172. The average Bonchev–Trinajstić information content (AvgIpc) is 2.70. The zero-order valence-corrected chi connectivity index (χ0v) is 11.1. The minimum absolute atomic E-state index is 0.172. The second-order valence-corrected chi connectivity index (χ2v) is 4.95. The first-order valence-corrected chi connectivity index (χ1v) is 6.58. The van der Waals surface area contributed by atoms with Crippen molar-refractivity contribution in [3.8, 4) is 11.1 Å². The standard InChI is InChI=1S/C17H16O2/c1-3-16(18)19-17(2)14-10-6-4-8-12(14)13-9-5-7-11-15(13)17/h4-11H,3H2,1-2H3. The zero-order valence-electron chi connectivity index (χ0n) is 11.1. The molecule has 0 fully saturated rings. The molecule has 0 saturated heterocycles. The van der Waals surface area contributed by atoms with Gasteiger partial charge in [-0.05, 0) is 18.1 Å². The molecule has 0 aromatic heterocycles. The van der Waals surface area contributed by atoms with E-state index in [1.165, 1.54) is 0 Å². The van der Waals surface area contributed by atoms with Crippen LogP contribution in [0.15, 0.2) is 48.5 Å². The second-order valence-electron chi connectivity index (χ2n) is 4.95. The number of fused-ring (bicyclic) bond motifs is 3. The van der Waals surface area contributed by atoms with Gasteiger partial charge in [-0.25, -0.2) is 0 Å². The van der Waals surface area contributed by atoms with E-state index in [1.54, 1.807) is 0 Å². The van der Waals surface area contributed by atoms with Crippen LogP contribution < -0.4 is 0 Å². The predicted molar refractivity (Wildman–Crippen MR) is 74.7 cm³/mol. The van der Waals surface area contributed by atoms with Crippen molar-refractivity contribution in [2.24, 2.45) is 0 Å². The fourth-order valence-corrected chi connectivity index (χ4v) is 2.82. The number of hydrogen-bond donors (Lipinski definition) is 0. The van der Waals surface area contributed by atoms with Gasteiger partial charge in [-0.3, -0.25) is 4.79 Å². The van der Waals surface area contributed by atoms with E-state index in [4.69, 9.17) is 4.74 Å². The molecule has 0 unspecified atom stereocenters. The number of hydrogen-bond acceptors (Lipinski definition) is 2. The third-order valence-electron chi connectivity index (χ3n) is 3.78. The van der Waals surface area contributed by atoms with E-state index in [1.807, 2.05) is 50.2 Å². The van der Waals surface area contributed by atoms with Gasteiger partial charge < -0.3 is 4.74 Å². The van der Waals surface area contributed by atoms with Gasteiger partial charge in [0, 0.05) is 17.5 Å². The SMILES string of the molecule is CCC(=O)OC1(C)c2ccccc2-c2ccccc21. The van der Waals surface area contributed by atoms with Crippen molar-refractivity contribution in [3.05, 3.63) is 59.7 Å². The third-order valence-corrected chi connectivity index (χ3v) is 3.78. The van der Waals surface area contributed by atoms with Crippen LogP contribution in [0.1, 0.15) is 31.4 Å². The molecule has 0 spiro atoms. The summed E-state index contributed by atoms with van der Waals surface area (Å²) in [6, 6.07) is 16.3. The first kappa shape index (κ1) is 12.0. The quantitative estimate of drug-likeness (QED) is 0.758. The van der Waals surface area contributed by atoms with E-state index in [-0.39, 0.29) is 5.97 Å². The van der Waals surface area contributed by atoms with Gasteiger partial charge in [0.05, 0.1) is 0 Å². The third kappa shape index (κ3) is 1.67. The van der Waals surface area contributed by atoms with E-state index in [9.17, 15) is 4.79 Å². The van der Waals surface area contributed by atoms with Crippen LogP contribution >= 0.6 is 0 Å². The van der Waals surface area contributed by atoms with Crippen LogP contribution in [0.4, 0.5) is 0 Å². The molecule has 0 atom stereocenters. The lowest BCUT2D eigenvalue weighted by molar-refractivity contribution is -0.154. The van der Waals surface area contributed by atoms with Crippen LogP contribution in [0.2, 0.25) is 0 Å². The average molecular weight is 252 g/mol. The van der Waals surface area contributed by atoms with Crippen LogP contribution in [-0.4, -0.2) is 5.97 Å². The zero-order chi connectivity index (χ0) is 13.5. The second kappa shape index (κ2) is 4.23. The lowest BCUT2D eigenvalue weighted by atomic mass is 9.93. The van der Waals surface area contributed by atoms with Crippen LogP contribution in [0.3, 0.4) is 0 Å². The van der Waals surface area contributed by atoms with Crippen molar-refractivity contribution in [3.63, 3.8) is 0 Å². The highest BCUT2D eigenvalue weighted by Crippen LogP contribution is 2.49. The molecular weight excluding hydrogens is 236 g/mol. The maximum atomic E-state index is 11.8. The molecule has 0 saturated carbocycles. The molecule has 0 N–H and O–H groups in total. The van der Waals surface area contributed by atoms with Gasteiger partial charge >= 0.3 is 5.97 Å². The highest BCUT2D eigenvalue weighted by atomic mass is 16.6. The summed E-state index contributed by atoms with van der Waals surface area (Å²) in [6.45, 7) is 3.80. The largest absolute Gasteiger partial charge is 0.449 e. The highest BCUT2D eigenvalue weighted by molar-refractivity contribution is 5.81. The molecule has 3 rings (SSSR count). The van der Waals surface area contributed by atoms with Gasteiger partial charge in [0.25, 0.3) is 0 Å². The van der Waals surface area contributed by atoms with Crippen LogP contribution in [-0.2, 0) is 15.1 Å². The minimum Gasteiger partial charge on any atom is -0.449 e. The molecule has 2 aromatic carbocycles. The number of rotatable bonds is 2. The summed E-state index contributed by atoms with van der Waals surface area (Å²) in [4.78, 5) is 11.8. The molecule has 0 bridgehead atoms. The summed E-state index contributed by atoms with van der Waals surface area (Å²) >= 11 is 0. The smallest absolute Gasteiger partial charge is 0.306 e. The molecule has 96 valence electrons. The Bertz CT molecular complexity index is 598. The van der Waals surface area contributed by atoms with Crippen molar-refractivity contribution >= 4 is 5.97 Å². The summed E-state index contributed by atoms with van der Waals surface area (Å²) in [5.41, 5.74) is 3.78. The number of esters is 1. The fraction of sp³-hybridized carbons (Fsp3) is 0.235. The van der Waals surface area contributed by atoms with Crippen molar-refractivity contribution in [1.29, 1.82) is 0 Å². The Hall–Kier alpha value is -2.09. The Balaban J connectivity index is 2.22. The predicted octanol–water partition coefficient (Wildman–Crippen LogP) is 3.88. The Kier molecular flexibility index (Phi) is 2.67. The van der Waals surface area contributed by atoms with Gasteiger partial charge in [0.2, 0.25) is 0 Å². The van der Waals surface area contributed by atoms with Crippen LogP contribution in [0.5, 0.6) is 0 Å². The number of benzene rings is 2. The first-order valence-electron chi connectivity index (χ1n) is 6.58. The van der Waals surface area contributed by atoms with Gasteiger partial charge in [0.1, 0.15) is 0 Å². The molecule has 19 heavy (non-hydrogen) atoms. The molecule has 0 radical (unpaired) electrons. The van der Waals surface area contributed by atoms with Gasteiger partial charge in [0.15, 0.2) is 5.60 Å². The first-order chi connectivity index (χ1) is 9.16. The minimum atomic E-state index is -0.666. The van der Waals surface area contributed by atoms with E-state index in [2.05, 4.69) is 12.1 Å². The van der Waals surface area contributed by atoms with Crippen molar-refractivity contribution in [1.82, 2.24) is 0 Å². The molecule has 0 amide bonds. The maximum absolute atomic E-state index is 11.8. The molecular formula is C17H16O2. The Morgan fingerprint density at radius 2 is 1.47 bits per heavy atom. The van der Waals surface area contributed by atoms with E-state index < -0.39 is 5.60 Å². The fourth-order valence-electron chi connectivity index (χ4n) is 2.82. The Morgan fingerprint density at radius 3 is 1.95 bits per heavy atom. The lowest BCUT2D eigenvalue weighted by Crippen LogP contribution is -2.28. The normalized spacial score (nSPS) is 14.6. The molecule has 0 aliphatic heterocycles. The van der Waals surface area contributed by atoms with Gasteiger partial charge in [-0.15, -0.1) is 0 Å². The monoisotopic (exact) mass is 252 g/mol. The van der Waals surface area contributed by atoms with Crippen LogP contribution in [0.25, 0.3) is 11.1 Å². The van der Waals surface area contributed by atoms with Gasteiger partial charge in [-0.1, -0.05) is 55.5 Å². The van der Waals surface area contributed by atoms with E-state index >= 15 is 0 Å². The highest BCUT2D eigenvalue weighted by Gasteiger charge is 2.41. The van der Waals surface area contributed by atoms with Crippen LogP contribution in [0, 0.1) is 0 Å². The maximum Gasteiger partial charge on any atom is 0.306 e. The molecule has 2 heteroatoms. The lowest BCUT2D eigenvalue weighted by Gasteiger charge is -2.27. The Labute approximate surface area is 113 Å². The Morgan fingerprint density at radius 1 is 1.00 bits per heavy atom. The number of carbonyl (C=O) groups excluding carboxylic acids is 1. The van der Waals surface area contributed by atoms with Crippen molar-refractivity contribution in [2.45, 2.75) is 25.9 Å². The molecule has 1 aliphatic rings. The van der Waals surface area contributed by atoms with E-state index in [0.717, 1.165) is 22.3 Å². The number of ether oxygens (including phenoxy) is 1. The van der Waals surface area contributed by atoms with Crippen molar-refractivity contribution < 1.29 is 9.53 Å². The molecule has 1 aliphatic carbocycles. The molecule has 0 heterocycles. The summed E-state index contributed by atoms with van der Waals surface area (Å²) in [5, 5.41) is 0. The van der Waals surface area contributed by atoms with E-state index in [0.29, 0.717) is 6.42 Å². The summed E-state index contributed by atoms with van der Waals surface area (Å²) in [7, 11) is 0. The van der Waals surface area contributed by atoms with Gasteiger partial charge in [-0.2, -0.15) is 0 Å².